The minimum atomic E-state index is -0.278. The van der Waals surface area contributed by atoms with Gasteiger partial charge in [0.2, 0.25) is 0 Å². The van der Waals surface area contributed by atoms with E-state index >= 15 is 0 Å². The lowest BCUT2D eigenvalue weighted by Gasteiger charge is -2.27. The maximum Gasteiger partial charge on any atom is 0.308 e. The monoisotopic (exact) mass is 456 g/mol. The van der Waals surface area contributed by atoms with Crippen LogP contribution >= 0.6 is 0 Å². The van der Waals surface area contributed by atoms with Gasteiger partial charge in [0.1, 0.15) is 0 Å². The van der Waals surface area contributed by atoms with Gasteiger partial charge in [-0.2, -0.15) is 0 Å². The number of aromatic nitrogens is 3. The van der Waals surface area contributed by atoms with Crippen molar-refractivity contribution >= 4 is 28.4 Å². The number of hydrogen-bond donors (Lipinski definition) is 1. The topological polar surface area (TPSA) is 103 Å². The Morgan fingerprint density at radius 1 is 1.03 bits per heavy atom. The normalized spacial score (nSPS) is 18.0. The van der Waals surface area contributed by atoms with Crippen LogP contribution in [0.25, 0.3) is 27.7 Å². The van der Waals surface area contributed by atoms with Crippen molar-refractivity contribution < 1.29 is 14.3 Å². The van der Waals surface area contributed by atoms with E-state index in [1.807, 2.05) is 24.3 Å². The van der Waals surface area contributed by atoms with Crippen LogP contribution in [0.2, 0.25) is 0 Å². The Kier molecular flexibility index (Phi) is 5.79. The first kappa shape index (κ1) is 21.8. The average Bonchev–Trinajstić information content (AvgIpc) is 2.89. The molecule has 1 amide bonds. The Morgan fingerprint density at radius 2 is 1.79 bits per heavy atom. The van der Waals surface area contributed by atoms with E-state index in [4.69, 9.17) is 4.74 Å². The van der Waals surface area contributed by atoms with Crippen LogP contribution in [0.1, 0.15) is 36.0 Å². The summed E-state index contributed by atoms with van der Waals surface area (Å²) in [5, 5.41) is 3.53. The molecule has 1 saturated carbocycles. The van der Waals surface area contributed by atoms with Crippen molar-refractivity contribution in [1.82, 2.24) is 19.7 Å². The number of methoxy groups -OCH3 is 1. The standard InChI is InChI=1S/C26H24N4O4/c1-34-26(33)17-4-7-19(8-5-17)28-24(31)20-3-2-14-30-23(20)29-22-9-6-18(15-21(22)25(30)32)16-10-12-27-13-11-16/h2-3,6,9-15,17,19H,4-5,7-8H2,1H3,(H,28,31)/t17-,19+. The van der Waals surface area contributed by atoms with E-state index in [0.717, 1.165) is 11.1 Å². The number of hydrogen-bond acceptors (Lipinski definition) is 6. The van der Waals surface area contributed by atoms with Crippen LogP contribution < -0.4 is 10.9 Å². The van der Waals surface area contributed by atoms with Crippen molar-refractivity contribution in [1.29, 1.82) is 0 Å². The molecule has 0 unspecified atom stereocenters. The Bertz CT molecular complexity index is 1440. The molecular weight excluding hydrogens is 432 g/mol. The van der Waals surface area contributed by atoms with Crippen molar-refractivity contribution in [2.24, 2.45) is 5.92 Å². The number of pyridine rings is 2. The summed E-state index contributed by atoms with van der Waals surface area (Å²) in [7, 11) is 1.40. The maximum absolute atomic E-state index is 13.3. The Labute approximate surface area is 195 Å². The van der Waals surface area contributed by atoms with Gasteiger partial charge in [-0.1, -0.05) is 6.07 Å². The van der Waals surface area contributed by atoms with Crippen molar-refractivity contribution in [3.63, 3.8) is 0 Å². The maximum atomic E-state index is 13.3. The van der Waals surface area contributed by atoms with E-state index < -0.39 is 0 Å². The number of ether oxygens (including phenoxy) is 1. The predicted octanol–water partition coefficient (Wildman–Crippen LogP) is 3.37. The Morgan fingerprint density at radius 3 is 2.53 bits per heavy atom. The number of carbonyl (C=O) groups is 2. The van der Waals surface area contributed by atoms with Gasteiger partial charge in [-0.15, -0.1) is 0 Å². The number of rotatable bonds is 4. The molecule has 172 valence electrons. The van der Waals surface area contributed by atoms with Crippen LogP contribution in [0.15, 0.2) is 65.8 Å². The quantitative estimate of drug-likeness (QED) is 0.373. The molecule has 0 aliphatic heterocycles. The van der Waals surface area contributed by atoms with Crippen LogP contribution in [-0.2, 0) is 9.53 Å². The third kappa shape index (κ3) is 4.03. The number of benzene rings is 1. The smallest absolute Gasteiger partial charge is 0.308 e. The highest BCUT2D eigenvalue weighted by Crippen LogP contribution is 2.26. The number of amides is 1. The van der Waals surface area contributed by atoms with Gasteiger partial charge in [0, 0.05) is 24.6 Å². The molecule has 34 heavy (non-hydrogen) atoms. The zero-order valence-corrected chi connectivity index (χ0v) is 18.7. The molecule has 0 bridgehead atoms. The fraction of sp³-hybridized carbons (Fsp3) is 0.269. The Hall–Kier alpha value is -4.07. The summed E-state index contributed by atoms with van der Waals surface area (Å²) < 4.78 is 6.25. The molecule has 8 heteroatoms. The van der Waals surface area contributed by atoms with Crippen molar-refractivity contribution in [2.75, 3.05) is 7.11 Å². The molecule has 1 aliphatic carbocycles. The highest BCUT2D eigenvalue weighted by atomic mass is 16.5. The predicted molar refractivity (Wildman–Crippen MR) is 127 cm³/mol. The molecule has 0 spiro atoms. The van der Waals surface area contributed by atoms with Crippen molar-refractivity contribution in [2.45, 2.75) is 31.7 Å². The molecule has 1 fully saturated rings. The second-order valence-electron chi connectivity index (χ2n) is 8.55. The largest absolute Gasteiger partial charge is 0.469 e. The molecule has 0 atom stereocenters. The molecule has 5 rings (SSSR count). The van der Waals surface area contributed by atoms with E-state index in [1.54, 1.807) is 36.8 Å². The van der Waals surface area contributed by atoms with Gasteiger partial charge in [0.05, 0.1) is 29.5 Å². The van der Waals surface area contributed by atoms with Crippen molar-refractivity contribution in [3.8, 4) is 11.1 Å². The fourth-order valence-electron chi connectivity index (χ4n) is 4.63. The minimum absolute atomic E-state index is 0.0382. The van der Waals surface area contributed by atoms with Gasteiger partial charge in [-0.3, -0.25) is 23.8 Å². The number of nitrogens with zero attached hydrogens (tertiary/aromatic N) is 3. The molecule has 3 aromatic heterocycles. The zero-order valence-electron chi connectivity index (χ0n) is 18.7. The van der Waals surface area contributed by atoms with Crippen LogP contribution in [0.5, 0.6) is 0 Å². The second-order valence-corrected chi connectivity index (χ2v) is 8.55. The highest BCUT2D eigenvalue weighted by molar-refractivity contribution is 6.01. The number of esters is 1. The van der Waals surface area contributed by atoms with Gasteiger partial charge >= 0.3 is 5.97 Å². The molecule has 1 aromatic carbocycles. The van der Waals surface area contributed by atoms with Gasteiger partial charge in [-0.25, -0.2) is 4.98 Å². The summed E-state index contributed by atoms with van der Waals surface area (Å²) in [4.78, 5) is 46.9. The van der Waals surface area contributed by atoms with E-state index in [2.05, 4.69) is 15.3 Å². The number of nitrogens with one attached hydrogen (secondary N) is 1. The highest BCUT2D eigenvalue weighted by Gasteiger charge is 2.28. The van der Waals surface area contributed by atoms with E-state index in [1.165, 1.54) is 11.5 Å². The first-order valence-electron chi connectivity index (χ1n) is 11.3. The lowest BCUT2D eigenvalue weighted by molar-refractivity contribution is -0.146. The van der Waals surface area contributed by atoms with Crippen molar-refractivity contribution in [3.05, 3.63) is 77.0 Å². The first-order chi connectivity index (χ1) is 16.5. The van der Waals surface area contributed by atoms with Crippen LogP contribution in [0.3, 0.4) is 0 Å². The number of fused-ring (bicyclic) bond motifs is 2. The lowest BCUT2D eigenvalue weighted by Crippen LogP contribution is -2.39. The summed E-state index contributed by atoms with van der Waals surface area (Å²) in [6.07, 6.45) is 7.79. The second kappa shape index (κ2) is 9.05. The average molecular weight is 457 g/mol. The van der Waals surface area contributed by atoms with Crippen LogP contribution in [0, 0.1) is 5.92 Å². The summed E-state index contributed by atoms with van der Waals surface area (Å²) in [6, 6.07) is 12.6. The molecule has 0 saturated heterocycles. The summed E-state index contributed by atoms with van der Waals surface area (Å²) in [6.45, 7) is 0. The molecule has 0 radical (unpaired) electrons. The molecule has 4 aromatic rings. The van der Waals surface area contributed by atoms with E-state index in [9.17, 15) is 14.4 Å². The third-order valence-corrected chi connectivity index (χ3v) is 6.49. The summed E-state index contributed by atoms with van der Waals surface area (Å²) >= 11 is 0. The summed E-state index contributed by atoms with van der Waals surface area (Å²) in [5.74, 6) is -0.583. The molecule has 3 heterocycles. The SMILES string of the molecule is COC(=O)[C@H]1CC[C@@H](NC(=O)c2cccn3c(=O)c4cc(-c5ccncc5)ccc4nc23)CC1. The lowest BCUT2D eigenvalue weighted by atomic mass is 9.86. The summed E-state index contributed by atoms with van der Waals surface area (Å²) in [5.41, 5.74) is 2.81. The van der Waals surface area contributed by atoms with Gasteiger partial charge < -0.3 is 10.1 Å². The molecule has 1 aliphatic rings. The molecular formula is C26H24N4O4. The number of carbonyl (C=O) groups excluding carboxylic acids is 2. The zero-order chi connectivity index (χ0) is 23.7. The third-order valence-electron chi connectivity index (χ3n) is 6.49. The molecule has 1 N–H and O–H groups in total. The van der Waals surface area contributed by atoms with Gasteiger partial charge in [0.15, 0.2) is 5.65 Å². The van der Waals surface area contributed by atoms with Gasteiger partial charge in [-0.05, 0) is 73.2 Å². The minimum Gasteiger partial charge on any atom is -0.469 e. The van der Waals surface area contributed by atoms with E-state index in [-0.39, 0.29) is 29.4 Å². The van der Waals surface area contributed by atoms with Gasteiger partial charge in [0.25, 0.3) is 11.5 Å². The first-order valence-corrected chi connectivity index (χ1v) is 11.3. The fourth-order valence-corrected chi connectivity index (χ4v) is 4.63. The molecule has 8 nitrogen and oxygen atoms in total. The van der Waals surface area contributed by atoms with Crippen LogP contribution in [-0.4, -0.2) is 39.4 Å². The Balaban J connectivity index is 1.45. The van der Waals surface area contributed by atoms with E-state index in [0.29, 0.717) is 47.8 Å². The van der Waals surface area contributed by atoms with Crippen LogP contribution in [0.4, 0.5) is 0 Å².